The smallest absolute Gasteiger partial charge is 0.194 e. The van der Waals surface area contributed by atoms with E-state index in [0.717, 1.165) is 37.8 Å². The van der Waals surface area contributed by atoms with Gasteiger partial charge in [-0.3, -0.25) is 4.99 Å². The number of halogens is 1. The van der Waals surface area contributed by atoms with Crippen LogP contribution in [-0.4, -0.2) is 45.8 Å². The molecule has 1 unspecified atom stereocenters. The van der Waals surface area contributed by atoms with E-state index < -0.39 is 0 Å². The summed E-state index contributed by atoms with van der Waals surface area (Å²) in [6.45, 7) is 5.64. The number of nitrogens with one attached hydrogen (secondary N) is 1. The van der Waals surface area contributed by atoms with Gasteiger partial charge in [-0.25, -0.2) is 0 Å². The topological polar surface area (TPSA) is 58.3 Å². The molecule has 3 rings (SSSR count). The highest BCUT2D eigenvalue weighted by molar-refractivity contribution is 14.0. The fourth-order valence-electron chi connectivity index (χ4n) is 3.12. The van der Waals surface area contributed by atoms with Crippen LogP contribution in [0.1, 0.15) is 30.7 Å². The number of hydrogen-bond donors (Lipinski definition) is 1. The zero-order valence-corrected chi connectivity index (χ0v) is 16.6. The molecule has 0 bridgehead atoms. The van der Waals surface area contributed by atoms with Gasteiger partial charge in [-0.2, -0.15) is 0 Å². The van der Waals surface area contributed by atoms with Crippen LogP contribution in [0.5, 0.6) is 0 Å². The summed E-state index contributed by atoms with van der Waals surface area (Å²) in [6, 6.07) is 10.7. The van der Waals surface area contributed by atoms with Crippen molar-refractivity contribution in [1.82, 2.24) is 25.0 Å². The molecule has 24 heavy (non-hydrogen) atoms. The molecule has 1 saturated heterocycles. The van der Waals surface area contributed by atoms with Crippen LogP contribution in [0.2, 0.25) is 0 Å². The van der Waals surface area contributed by atoms with Gasteiger partial charge in [-0.1, -0.05) is 30.3 Å². The monoisotopic (exact) mass is 440 g/mol. The van der Waals surface area contributed by atoms with Crippen molar-refractivity contribution in [3.8, 4) is 0 Å². The summed E-state index contributed by atoms with van der Waals surface area (Å²) in [7, 11) is 1.84. The third kappa shape index (κ3) is 4.25. The van der Waals surface area contributed by atoms with Crippen LogP contribution in [0.3, 0.4) is 0 Å². The fraction of sp³-hybridized carbons (Fsp3) is 0.471. The van der Waals surface area contributed by atoms with Crippen molar-refractivity contribution in [2.24, 2.45) is 4.99 Å². The number of nitrogens with zero attached hydrogens (tertiary/aromatic N) is 5. The summed E-state index contributed by atoms with van der Waals surface area (Å²) in [6.07, 6.45) is 2.93. The molecular weight excluding hydrogens is 415 g/mol. The van der Waals surface area contributed by atoms with E-state index in [1.54, 1.807) is 6.33 Å². The van der Waals surface area contributed by atoms with Gasteiger partial charge in [0, 0.05) is 32.6 Å². The van der Waals surface area contributed by atoms with Gasteiger partial charge in [0.2, 0.25) is 0 Å². The first-order valence-electron chi connectivity index (χ1n) is 8.19. The summed E-state index contributed by atoms with van der Waals surface area (Å²) in [5.41, 5.74) is 1.41. The van der Waals surface area contributed by atoms with E-state index >= 15 is 0 Å². The average Bonchev–Trinajstić information content (AvgIpc) is 3.25. The summed E-state index contributed by atoms with van der Waals surface area (Å²) in [4.78, 5) is 6.75. The summed E-state index contributed by atoms with van der Waals surface area (Å²) < 4.78 is 2.04. The molecule has 130 valence electrons. The zero-order chi connectivity index (χ0) is 16.1. The van der Waals surface area contributed by atoms with E-state index in [-0.39, 0.29) is 24.0 Å². The first-order chi connectivity index (χ1) is 11.3. The Kier molecular flexibility index (Phi) is 7.01. The molecule has 0 radical (unpaired) electrons. The van der Waals surface area contributed by atoms with Gasteiger partial charge in [-0.15, -0.1) is 34.2 Å². The molecule has 1 aromatic carbocycles. The van der Waals surface area contributed by atoms with Crippen LogP contribution in [0.25, 0.3) is 0 Å². The van der Waals surface area contributed by atoms with Gasteiger partial charge in [0.1, 0.15) is 6.33 Å². The molecule has 1 N–H and O–H groups in total. The number of guanidine groups is 1. The predicted molar refractivity (Wildman–Crippen MR) is 107 cm³/mol. The zero-order valence-electron chi connectivity index (χ0n) is 14.2. The number of aromatic nitrogens is 3. The van der Waals surface area contributed by atoms with E-state index in [0.29, 0.717) is 12.5 Å². The van der Waals surface area contributed by atoms with Crippen molar-refractivity contribution in [1.29, 1.82) is 0 Å². The molecule has 0 saturated carbocycles. The van der Waals surface area contributed by atoms with E-state index in [1.807, 2.05) is 11.6 Å². The molecule has 1 aromatic heterocycles. The lowest BCUT2D eigenvalue weighted by atomic mass is 9.99. The van der Waals surface area contributed by atoms with E-state index in [9.17, 15) is 0 Å². The van der Waals surface area contributed by atoms with Crippen molar-refractivity contribution in [2.75, 3.05) is 20.1 Å². The Labute approximate surface area is 160 Å². The minimum atomic E-state index is 0. The standard InChI is InChI=1S/C17H24N6.HI/c1-3-22-13-20-21-16(22)11-19-17(18-2)23-10-9-15(12-23)14-7-5-4-6-8-14;/h4-8,13,15H,3,9-12H2,1-2H3,(H,18,19);1H. The first kappa shape index (κ1) is 18.7. The minimum Gasteiger partial charge on any atom is -0.349 e. The third-order valence-electron chi connectivity index (χ3n) is 4.41. The number of aliphatic imine (C=N–C) groups is 1. The van der Waals surface area contributed by atoms with Crippen molar-refractivity contribution in [3.05, 3.63) is 48.0 Å². The molecule has 0 aliphatic carbocycles. The molecule has 1 atom stereocenters. The lowest BCUT2D eigenvalue weighted by Gasteiger charge is -2.21. The van der Waals surface area contributed by atoms with Gasteiger partial charge < -0.3 is 14.8 Å². The molecule has 2 heterocycles. The Morgan fingerprint density at radius 3 is 2.83 bits per heavy atom. The van der Waals surface area contributed by atoms with E-state index in [1.165, 1.54) is 5.56 Å². The summed E-state index contributed by atoms with van der Waals surface area (Å²) in [5.74, 6) is 2.45. The van der Waals surface area contributed by atoms with Crippen molar-refractivity contribution >= 4 is 29.9 Å². The Morgan fingerprint density at radius 2 is 2.12 bits per heavy atom. The van der Waals surface area contributed by atoms with Gasteiger partial charge in [-0.05, 0) is 18.9 Å². The Balaban J connectivity index is 0.00000208. The van der Waals surface area contributed by atoms with E-state index in [4.69, 9.17) is 0 Å². The lowest BCUT2D eigenvalue weighted by Crippen LogP contribution is -2.40. The van der Waals surface area contributed by atoms with Crippen molar-refractivity contribution in [2.45, 2.75) is 32.4 Å². The molecule has 0 spiro atoms. The quantitative estimate of drug-likeness (QED) is 0.451. The van der Waals surface area contributed by atoms with E-state index in [2.05, 4.69) is 62.7 Å². The molecule has 2 aromatic rings. The van der Waals surface area contributed by atoms with Crippen LogP contribution in [-0.2, 0) is 13.1 Å². The second kappa shape index (κ2) is 9.00. The molecule has 1 fully saturated rings. The average molecular weight is 440 g/mol. The summed E-state index contributed by atoms with van der Waals surface area (Å²) in [5, 5.41) is 11.5. The van der Waals surface area contributed by atoms with Gasteiger partial charge in [0.15, 0.2) is 11.8 Å². The second-order valence-corrected chi connectivity index (χ2v) is 5.78. The normalized spacial score (nSPS) is 17.7. The Hall–Kier alpha value is -1.64. The highest BCUT2D eigenvalue weighted by Crippen LogP contribution is 2.26. The fourth-order valence-corrected chi connectivity index (χ4v) is 3.12. The number of hydrogen-bond acceptors (Lipinski definition) is 3. The highest BCUT2D eigenvalue weighted by atomic mass is 127. The SMILES string of the molecule is CCn1cnnc1CNC(=NC)N1CCC(c2ccccc2)C1.I. The third-order valence-corrected chi connectivity index (χ3v) is 4.41. The van der Waals surface area contributed by atoms with Gasteiger partial charge in [0.05, 0.1) is 6.54 Å². The molecule has 1 aliphatic heterocycles. The van der Waals surface area contributed by atoms with Crippen LogP contribution in [0.15, 0.2) is 41.7 Å². The largest absolute Gasteiger partial charge is 0.349 e. The first-order valence-corrected chi connectivity index (χ1v) is 8.19. The van der Waals surface area contributed by atoms with Crippen LogP contribution < -0.4 is 5.32 Å². The maximum Gasteiger partial charge on any atom is 0.194 e. The Morgan fingerprint density at radius 1 is 1.33 bits per heavy atom. The maximum absolute atomic E-state index is 4.43. The summed E-state index contributed by atoms with van der Waals surface area (Å²) >= 11 is 0. The van der Waals surface area contributed by atoms with Crippen molar-refractivity contribution in [3.63, 3.8) is 0 Å². The molecule has 1 aliphatic rings. The molecular formula is C17H25IN6. The maximum atomic E-state index is 4.43. The van der Waals surface area contributed by atoms with Gasteiger partial charge >= 0.3 is 0 Å². The Bertz CT molecular complexity index is 654. The highest BCUT2D eigenvalue weighted by Gasteiger charge is 2.25. The van der Waals surface area contributed by atoms with Crippen LogP contribution in [0.4, 0.5) is 0 Å². The van der Waals surface area contributed by atoms with Crippen molar-refractivity contribution < 1.29 is 0 Å². The number of likely N-dealkylation sites (tertiary alicyclic amines) is 1. The van der Waals surface area contributed by atoms with Crippen LogP contribution in [0, 0.1) is 0 Å². The number of benzene rings is 1. The lowest BCUT2D eigenvalue weighted by molar-refractivity contribution is 0.482. The number of aryl methyl sites for hydroxylation is 1. The second-order valence-electron chi connectivity index (χ2n) is 5.78. The molecule has 7 heteroatoms. The predicted octanol–water partition coefficient (Wildman–Crippen LogP) is 2.48. The van der Waals surface area contributed by atoms with Gasteiger partial charge in [0.25, 0.3) is 0 Å². The molecule has 6 nitrogen and oxygen atoms in total. The van der Waals surface area contributed by atoms with Crippen LogP contribution >= 0.6 is 24.0 Å². The molecule has 0 amide bonds. The number of rotatable bonds is 4. The minimum absolute atomic E-state index is 0.